The molecule has 0 radical (unpaired) electrons. The Hall–Kier alpha value is -2.64. The average molecular weight is 571 g/mol. The molecule has 7 nitrogen and oxygen atoms in total. The van der Waals surface area contributed by atoms with E-state index in [2.05, 4.69) is 67.8 Å². The van der Waals surface area contributed by atoms with Gasteiger partial charge in [-0.2, -0.15) is 0 Å². The summed E-state index contributed by atoms with van der Waals surface area (Å²) in [5, 5.41) is 19.6. The number of fused-ring (bicyclic) bond motifs is 1. The first-order valence-corrected chi connectivity index (χ1v) is 15.5. The van der Waals surface area contributed by atoms with Gasteiger partial charge in [0.2, 0.25) is 5.91 Å². The zero-order valence-electron chi connectivity index (χ0n) is 26.4. The highest BCUT2D eigenvalue weighted by Crippen LogP contribution is 2.27. The SMILES string of the molecule is CCCCNC(=O)C(C)C[C@H](O)[C@H](C[C@@H](CC)Cc1cc(COCCC)c2ccccc2c1)NC(=O)OC(C)(C)C. The minimum atomic E-state index is -0.891. The van der Waals surface area contributed by atoms with Crippen molar-refractivity contribution in [1.29, 1.82) is 0 Å². The fraction of sp³-hybridized carbons (Fsp3) is 0.647. The summed E-state index contributed by atoms with van der Waals surface area (Å²) in [6.45, 7) is 15.5. The molecule has 4 atom stereocenters. The number of aliphatic hydroxyl groups is 1. The molecule has 0 spiro atoms. The number of hydrogen-bond donors (Lipinski definition) is 3. The fourth-order valence-corrected chi connectivity index (χ4v) is 5.08. The Morgan fingerprint density at radius 2 is 1.76 bits per heavy atom. The summed E-state index contributed by atoms with van der Waals surface area (Å²) >= 11 is 0. The lowest BCUT2D eigenvalue weighted by atomic mass is 9.85. The quantitative estimate of drug-likeness (QED) is 0.179. The van der Waals surface area contributed by atoms with E-state index in [1.807, 2.05) is 27.7 Å². The molecular weight excluding hydrogens is 516 g/mol. The molecule has 0 heterocycles. The van der Waals surface area contributed by atoms with Crippen molar-refractivity contribution in [2.75, 3.05) is 13.2 Å². The molecule has 230 valence electrons. The van der Waals surface area contributed by atoms with Gasteiger partial charge in [0.25, 0.3) is 0 Å². The number of amides is 2. The van der Waals surface area contributed by atoms with Gasteiger partial charge in [-0.15, -0.1) is 0 Å². The first-order valence-electron chi connectivity index (χ1n) is 15.5. The van der Waals surface area contributed by atoms with Crippen molar-refractivity contribution in [3.8, 4) is 0 Å². The van der Waals surface area contributed by atoms with Crippen LogP contribution in [0.5, 0.6) is 0 Å². The molecular formula is C34H54N2O5. The molecule has 2 rings (SSSR count). The molecule has 7 heteroatoms. The lowest BCUT2D eigenvalue weighted by Gasteiger charge is -2.30. The Labute approximate surface area is 247 Å². The van der Waals surface area contributed by atoms with Gasteiger partial charge in [-0.3, -0.25) is 4.79 Å². The maximum Gasteiger partial charge on any atom is 0.407 e. The van der Waals surface area contributed by atoms with Crippen molar-refractivity contribution >= 4 is 22.8 Å². The van der Waals surface area contributed by atoms with Crippen LogP contribution in [0.3, 0.4) is 0 Å². The Morgan fingerprint density at radius 3 is 2.41 bits per heavy atom. The number of hydrogen-bond acceptors (Lipinski definition) is 5. The second kappa shape index (κ2) is 17.3. The smallest absolute Gasteiger partial charge is 0.407 e. The highest BCUT2D eigenvalue weighted by atomic mass is 16.6. The maximum absolute atomic E-state index is 12.8. The number of benzene rings is 2. The van der Waals surface area contributed by atoms with Crippen molar-refractivity contribution in [2.45, 2.75) is 118 Å². The molecule has 0 fully saturated rings. The van der Waals surface area contributed by atoms with Crippen molar-refractivity contribution in [1.82, 2.24) is 10.6 Å². The maximum atomic E-state index is 12.8. The minimum Gasteiger partial charge on any atom is -0.444 e. The predicted molar refractivity (Wildman–Crippen MR) is 167 cm³/mol. The second-order valence-electron chi connectivity index (χ2n) is 12.3. The molecule has 0 aliphatic carbocycles. The van der Waals surface area contributed by atoms with Gasteiger partial charge in [-0.1, -0.05) is 76.9 Å². The highest BCUT2D eigenvalue weighted by molar-refractivity contribution is 5.86. The van der Waals surface area contributed by atoms with Gasteiger partial charge < -0.3 is 25.2 Å². The van der Waals surface area contributed by atoms with E-state index in [0.717, 1.165) is 38.7 Å². The zero-order chi connectivity index (χ0) is 30.4. The molecule has 2 amide bonds. The minimum absolute atomic E-state index is 0.0745. The van der Waals surface area contributed by atoms with Crippen LogP contribution in [0.15, 0.2) is 36.4 Å². The van der Waals surface area contributed by atoms with Crippen LogP contribution in [0.1, 0.15) is 98.1 Å². The molecule has 0 aliphatic heterocycles. The molecule has 0 saturated heterocycles. The zero-order valence-corrected chi connectivity index (χ0v) is 26.4. The summed E-state index contributed by atoms with van der Waals surface area (Å²) in [5.41, 5.74) is 1.73. The van der Waals surface area contributed by atoms with Crippen LogP contribution >= 0.6 is 0 Å². The van der Waals surface area contributed by atoms with E-state index < -0.39 is 23.8 Å². The van der Waals surface area contributed by atoms with Gasteiger partial charge in [0.1, 0.15) is 5.60 Å². The average Bonchev–Trinajstić information content (AvgIpc) is 2.91. The molecule has 0 saturated carbocycles. The lowest BCUT2D eigenvalue weighted by Crippen LogP contribution is -2.47. The van der Waals surface area contributed by atoms with Gasteiger partial charge in [0.05, 0.1) is 18.8 Å². The summed E-state index contributed by atoms with van der Waals surface area (Å²) in [5.74, 6) is -0.255. The normalized spacial score (nSPS) is 14.7. The first-order chi connectivity index (χ1) is 19.5. The molecule has 0 aliphatic rings. The van der Waals surface area contributed by atoms with E-state index in [-0.39, 0.29) is 24.2 Å². The Morgan fingerprint density at radius 1 is 1.02 bits per heavy atom. The van der Waals surface area contributed by atoms with E-state index in [0.29, 0.717) is 19.6 Å². The van der Waals surface area contributed by atoms with Crippen molar-refractivity contribution in [3.05, 3.63) is 47.5 Å². The van der Waals surface area contributed by atoms with E-state index in [1.54, 1.807) is 0 Å². The summed E-state index contributed by atoms with van der Waals surface area (Å²) in [6, 6.07) is 12.3. The van der Waals surface area contributed by atoms with Crippen LogP contribution in [0.2, 0.25) is 0 Å². The van der Waals surface area contributed by atoms with E-state index in [9.17, 15) is 14.7 Å². The van der Waals surface area contributed by atoms with E-state index in [1.165, 1.54) is 21.9 Å². The van der Waals surface area contributed by atoms with Crippen molar-refractivity contribution in [2.24, 2.45) is 11.8 Å². The number of unbranched alkanes of at least 4 members (excludes halogenated alkanes) is 1. The first kappa shape index (κ1) is 34.6. The van der Waals surface area contributed by atoms with Gasteiger partial charge in [0, 0.05) is 19.1 Å². The number of alkyl carbamates (subject to hydrolysis) is 1. The molecule has 2 aromatic rings. The summed E-state index contributed by atoms with van der Waals surface area (Å²) < 4.78 is 11.4. The molecule has 3 N–H and O–H groups in total. The summed E-state index contributed by atoms with van der Waals surface area (Å²) in [6.07, 6.45) is 3.94. The molecule has 2 aromatic carbocycles. The number of carbonyl (C=O) groups excluding carboxylic acids is 2. The van der Waals surface area contributed by atoms with Gasteiger partial charge in [-0.25, -0.2) is 4.79 Å². The molecule has 0 bridgehead atoms. The monoisotopic (exact) mass is 570 g/mol. The van der Waals surface area contributed by atoms with E-state index in [4.69, 9.17) is 9.47 Å². The van der Waals surface area contributed by atoms with Crippen molar-refractivity contribution < 1.29 is 24.2 Å². The topological polar surface area (TPSA) is 96.9 Å². The van der Waals surface area contributed by atoms with Gasteiger partial charge in [0.15, 0.2) is 0 Å². The third-order valence-corrected chi connectivity index (χ3v) is 7.34. The molecule has 1 unspecified atom stereocenters. The Kier molecular flexibility index (Phi) is 14.6. The summed E-state index contributed by atoms with van der Waals surface area (Å²) in [7, 11) is 0. The molecule has 0 aromatic heterocycles. The number of rotatable bonds is 17. The largest absolute Gasteiger partial charge is 0.444 e. The van der Waals surface area contributed by atoms with Gasteiger partial charge >= 0.3 is 6.09 Å². The van der Waals surface area contributed by atoms with Crippen LogP contribution < -0.4 is 10.6 Å². The number of carbonyl (C=O) groups is 2. The third kappa shape index (κ3) is 12.4. The van der Waals surface area contributed by atoms with Crippen LogP contribution in [-0.4, -0.2) is 48.0 Å². The number of ether oxygens (including phenoxy) is 2. The Balaban J connectivity index is 2.23. The number of nitrogens with one attached hydrogen (secondary N) is 2. The highest BCUT2D eigenvalue weighted by Gasteiger charge is 2.29. The van der Waals surface area contributed by atoms with Crippen molar-refractivity contribution in [3.63, 3.8) is 0 Å². The van der Waals surface area contributed by atoms with Crippen LogP contribution in [0.4, 0.5) is 4.79 Å². The van der Waals surface area contributed by atoms with Gasteiger partial charge in [-0.05, 0) is 80.7 Å². The number of aliphatic hydroxyl groups excluding tert-OH is 1. The van der Waals surface area contributed by atoms with E-state index >= 15 is 0 Å². The second-order valence-corrected chi connectivity index (χ2v) is 12.3. The fourth-order valence-electron chi connectivity index (χ4n) is 5.08. The third-order valence-electron chi connectivity index (χ3n) is 7.34. The van der Waals surface area contributed by atoms with Crippen LogP contribution in [0.25, 0.3) is 10.8 Å². The standard InChI is InChI=1S/C34H54N2O5/c1-8-11-16-35-32(38)24(4)18-31(37)30(36-33(39)41-34(5,6)7)22-25(10-3)19-26-20-27-14-12-13-15-29(27)28(21-26)23-40-17-9-2/h12-15,20-21,24-25,30-31,37H,8-11,16-19,22-23H2,1-7H3,(H,35,38)(H,36,39)/t24?,25-,30-,31-/m0/s1. The Bertz CT molecular complexity index is 1080. The molecule has 41 heavy (non-hydrogen) atoms. The predicted octanol–water partition coefficient (Wildman–Crippen LogP) is 6.92. The summed E-state index contributed by atoms with van der Waals surface area (Å²) in [4.78, 5) is 25.4. The van der Waals surface area contributed by atoms with Crippen LogP contribution in [-0.2, 0) is 27.3 Å². The van der Waals surface area contributed by atoms with Crippen LogP contribution in [0, 0.1) is 11.8 Å². The lowest BCUT2D eigenvalue weighted by molar-refractivity contribution is -0.125.